The van der Waals surface area contributed by atoms with E-state index in [0.29, 0.717) is 18.7 Å². The minimum Gasteiger partial charge on any atom is -0.481 e. The minimum absolute atomic E-state index is 0.0156. The number of carboxylic acid groups (broad SMARTS) is 1. The molecule has 0 aromatic carbocycles. The second-order valence-corrected chi connectivity index (χ2v) is 5.45. The van der Waals surface area contributed by atoms with Crippen LogP contribution in [0.25, 0.3) is 0 Å². The molecule has 0 spiro atoms. The Morgan fingerprint density at radius 3 is 2.86 bits per heavy atom. The summed E-state index contributed by atoms with van der Waals surface area (Å²) in [6, 6.07) is 3.00. The van der Waals surface area contributed by atoms with Crippen LogP contribution in [0.1, 0.15) is 31.4 Å². The van der Waals surface area contributed by atoms with Gasteiger partial charge in [0, 0.05) is 18.3 Å². The van der Waals surface area contributed by atoms with E-state index in [1.807, 2.05) is 0 Å². The van der Waals surface area contributed by atoms with E-state index in [2.05, 4.69) is 10.3 Å². The van der Waals surface area contributed by atoms with E-state index in [9.17, 15) is 20.0 Å². The summed E-state index contributed by atoms with van der Waals surface area (Å²) in [6.45, 7) is 2.16. The molecule has 1 fully saturated rings. The molecule has 2 rings (SSSR count). The first-order valence-electron chi connectivity index (χ1n) is 7.07. The van der Waals surface area contributed by atoms with Crippen molar-refractivity contribution in [2.75, 3.05) is 11.9 Å². The van der Waals surface area contributed by atoms with Crippen LogP contribution in [0.4, 0.5) is 11.5 Å². The van der Waals surface area contributed by atoms with E-state index in [1.165, 1.54) is 6.07 Å². The fraction of sp³-hybridized carbons (Fsp3) is 0.571. The number of nitrogens with zero attached hydrogens (tertiary/aromatic N) is 2. The van der Waals surface area contributed by atoms with Gasteiger partial charge in [0.1, 0.15) is 0 Å². The van der Waals surface area contributed by atoms with Crippen molar-refractivity contribution in [1.82, 2.24) is 4.98 Å². The Hall–Kier alpha value is -2.18. The number of nitro groups is 1. The molecule has 21 heavy (non-hydrogen) atoms. The lowest BCUT2D eigenvalue weighted by Crippen LogP contribution is -2.32. The molecule has 7 heteroatoms. The number of aryl methyl sites for hydroxylation is 1. The topological polar surface area (TPSA) is 105 Å². The maximum Gasteiger partial charge on any atom is 0.311 e. The van der Waals surface area contributed by atoms with Crippen LogP contribution in [-0.2, 0) is 4.79 Å². The molecule has 7 nitrogen and oxygen atoms in total. The molecule has 114 valence electrons. The number of nitrogens with one attached hydrogen (secondary N) is 1. The number of rotatable bonds is 5. The third kappa shape index (κ3) is 3.68. The van der Waals surface area contributed by atoms with Gasteiger partial charge in [0.05, 0.1) is 10.8 Å². The monoisotopic (exact) mass is 293 g/mol. The van der Waals surface area contributed by atoms with Crippen molar-refractivity contribution in [2.24, 2.45) is 11.8 Å². The van der Waals surface area contributed by atoms with Crippen LogP contribution in [0.2, 0.25) is 0 Å². The average Bonchev–Trinajstić information content (AvgIpc) is 2.45. The van der Waals surface area contributed by atoms with E-state index in [0.717, 1.165) is 19.3 Å². The summed E-state index contributed by atoms with van der Waals surface area (Å²) in [5, 5.41) is 23.2. The number of aromatic nitrogens is 1. The third-order valence-corrected chi connectivity index (χ3v) is 3.97. The molecule has 2 N–H and O–H groups in total. The summed E-state index contributed by atoms with van der Waals surface area (Å²) in [4.78, 5) is 25.9. The van der Waals surface area contributed by atoms with Crippen molar-refractivity contribution in [3.8, 4) is 0 Å². The van der Waals surface area contributed by atoms with Crippen LogP contribution in [0, 0.1) is 28.9 Å². The molecular formula is C14H19N3O4. The van der Waals surface area contributed by atoms with Crippen LogP contribution < -0.4 is 5.32 Å². The van der Waals surface area contributed by atoms with E-state index in [-0.39, 0.29) is 23.3 Å². The first-order chi connectivity index (χ1) is 9.99. The van der Waals surface area contributed by atoms with Gasteiger partial charge in [-0.1, -0.05) is 12.8 Å². The molecule has 2 atom stereocenters. The van der Waals surface area contributed by atoms with Gasteiger partial charge >= 0.3 is 11.7 Å². The average molecular weight is 293 g/mol. The number of carboxylic acids is 1. The molecule has 0 bridgehead atoms. The first kappa shape index (κ1) is 15.2. The second-order valence-electron chi connectivity index (χ2n) is 5.45. The fourth-order valence-electron chi connectivity index (χ4n) is 2.83. The molecule has 0 radical (unpaired) electrons. The number of anilines is 1. The molecule has 1 aromatic heterocycles. The highest BCUT2D eigenvalue weighted by molar-refractivity contribution is 5.70. The maximum absolute atomic E-state index is 11.3. The zero-order valence-electron chi connectivity index (χ0n) is 11.9. The molecule has 0 saturated heterocycles. The van der Waals surface area contributed by atoms with Crippen LogP contribution in [0.5, 0.6) is 0 Å². The Morgan fingerprint density at radius 1 is 1.48 bits per heavy atom. The number of aliphatic carboxylic acids is 1. The van der Waals surface area contributed by atoms with Crippen molar-refractivity contribution in [1.29, 1.82) is 0 Å². The van der Waals surface area contributed by atoms with Gasteiger partial charge in [-0.3, -0.25) is 14.9 Å². The zero-order valence-corrected chi connectivity index (χ0v) is 11.9. The van der Waals surface area contributed by atoms with Gasteiger partial charge in [-0.15, -0.1) is 0 Å². The summed E-state index contributed by atoms with van der Waals surface area (Å²) in [5.41, 5.74) is 0.602. The smallest absolute Gasteiger partial charge is 0.311 e. The minimum atomic E-state index is -0.784. The second kappa shape index (κ2) is 6.51. The van der Waals surface area contributed by atoms with Crippen molar-refractivity contribution in [2.45, 2.75) is 32.6 Å². The van der Waals surface area contributed by atoms with E-state index < -0.39 is 10.9 Å². The highest BCUT2D eigenvalue weighted by Gasteiger charge is 2.31. The Morgan fingerprint density at radius 2 is 2.19 bits per heavy atom. The summed E-state index contributed by atoms with van der Waals surface area (Å²) in [7, 11) is 0. The highest BCUT2D eigenvalue weighted by atomic mass is 16.6. The zero-order chi connectivity index (χ0) is 15.4. The molecule has 2 unspecified atom stereocenters. The van der Waals surface area contributed by atoms with Crippen molar-refractivity contribution >= 4 is 17.5 Å². The third-order valence-electron chi connectivity index (χ3n) is 3.97. The number of pyridine rings is 1. The van der Waals surface area contributed by atoms with Crippen molar-refractivity contribution in [3.63, 3.8) is 0 Å². The summed E-state index contributed by atoms with van der Waals surface area (Å²) in [5.74, 6) is -0.962. The predicted octanol–water partition coefficient (Wildman–Crippen LogP) is 2.60. The lowest BCUT2D eigenvalue weighted by Gasteiger charge is -2.28. The molecule has 1 aliphatic carbocycles. The van der Waals surface area contributed by atoms with Crippen LogP contribution in [0.3, 0.4) is 0 Å². The molecule has 1 saturated carbocycles. The molecule has 0 amide bonds. The highest BCUT2D eigenvalue weighted by Crippen LogP contribution is 2.31. The quantitative estimate of drug-likeness (QED) is 0.638. The Kier molecular flexibility index (Phi) is 4.72. The molecular weight excluding hydrogens is 274 g/mol. The Labute approximate surface area is 122 Å². The molecule has 1 aliphatic rings. The van der Waals surface area contributed by atoms with E-state index in [4.69, 9.17) is 0 Å². The maximum atomic E-state index is 11.3. The fourth-order valence-corrected chi connectivity index (χ4v) is 2.83. The van der Waals surface area contributed by atoms with Gasteiger partial charge in [-0.05, 0) is 31.7 Å². The van der Waals surface area contributed by atoms with Gasteiger partial charge in [-0.2, -0.15) is 0 Å². The summed E-state index contributed by atoms with van der Waals surface area (Å²) in [6.07, 6.45) is 3.42. The van der Waals surface area contributed by atoms with E-state index in [1.54, 1.807) is 13.0 Å². The van der Waals surface area contributed by atoms with Crippen molar-refractivity contribution < 1.29 is 14.8 Å². The van der Waals surface area contributed by atoms with Gasteiger partial charge in [-0.25, -0.2) is 4.98 Å². The standard InChI is InChI=1S/C14H19N3O4/c1-9-6-7-12(17(20)21)13(16-9)15-8-10-4-2-3-5-11(10)14(18)19/h6-7,10-11H,2-5,8H2,1H3,(H,15,16)(H,18,19). The Bertz CT molecular complexity index is 547. The van der Waals surface area contributed by atoms with E-state index >= 15 is 0 Å². The normalized spacial score (nSPS) is 21.8. The van der Waals surface area contributed by atoms with Gasteiger partial charge in [0.2, 0.25) is 5.82 Å². The summed E-state index contributed by atoms with van der Waals surface area (Å²) >= 11 is 0. The van der Waals surface area contributed by atoms with Crippen molar-refractivity contribution in [3.05, 3.63) is 27.9 Å². The lowest BCUT2D eigenvalue weighted by atomic mass is 9.79. The SMILES string of the molecule is Cc1ccc([N+](=O)[O-])c(NCC2CCCCC2C(=O)O)n1. The van der Waals surface area contributed by atoms with Crippen LogP contribution in [-0.4, -0.2) is 27.5 Å². The molecule has 1 aromatic rings. The Balaban J connectivity index is 2.09. The van der Waals surface area contributed by atoms with Crippen LogP contribution in [0.15, 0.2) is 12.1 Å². The lowest BCUT2D eigenvalue weighted by molar-refractivity contribution is -0.384. The molecule has 0 aliphatic heterocycles. The first-order valence-corrected chi connectivity index (χ1v) is 7.07. The number of hydrogen-bond donors (Lipinski definition) is 2. The number of carbonyl (C=O) groups is 1. The largest absolute Gasteiger partial charge is 0.481 e. The van der Waals surface area contributed by atoms with Gasteiger partial charge < -0.3 is 10.4 Å². The predicted molar refractivity (Wildman–Crippen MR) is 77.2 cm³/mol. The molecule has 1 heterocycles. The van der Waals surface area contributed by atoms with Crippen LogP contribution >= 0.6 is 0 Å². The van der Waals surface area contributed by atoms with Gasteiger partial charge in [0.15, 0.2) is 0 Å². The summed E-state index contributed by atoms with van der Waals surface area (Å²) < 4.78 is 0. The van der Waals surface area contributed by atoms with Gasteiger partial charge in [0.25, 0.3) is 0 Å². The number of hydrogen-bond acceptors (Lipinski definition) is 5.